The Morgan fingerprint density at radius 1 is 0.742 bits per heavy atom. The van der Waals surface area contributed by atoms with Gasteiger partial charge in [-0.25, -0.2) is 4.39 Å². The summed E-state index contributed by atoms with van der Waals surface area (Å²) in [4.78, 5) is 0. The predicted molar refractivity (Wildman–Crippen MR) is 128 cm³/mol. The Balaban J connectivity index is 2.48. The van der Waals surface area contributed by atoms with Crippen LogP contribution in [0, 0.1) is 5.82 Å². The van der Waals surface area contributed by atoms with Crippen molar-refractivity contribution in [3.63, 3.8) is 0 Å². The van der Waals surface area contributed by atoms with Crippen molar-refractivity contribution < 1.29 is 18.6 Å². The molecule has 0 aromatic heterocycles. The van der Waals surface area contributed by atoms with E-state index in [2.05, 4.69) is 6.92 Å². The van der Waals surface area contributed by atoms with E-state index in [0.29, 0.717) is 0 Å². The molecule has 1 atom stereocenters. The van der Waals surface area contributed by atoms with Gasteiger partial charge in [0, 0.05) is 0 Å². The molecule has 0 aliphatic rings. The molecule has 1 rings (SSSR count). The second-order valence-corrected chi connectivity index (χ2v) is 9.20. The fourth-order valence-corrected chi connectivity index (χ4v) is 3.70. The van der Waals surface area contributed by atoms with Gasteiger partial charge in [-0.05, 0) is 71.1 Å². The number of ether oxygens (including phenoxy) is 3. The normalized spacial score (nSPS) is 12.9. The number of rotatable bonds is 19. The maximum Gasteiger partial charge on any atom is 0.272 e. The molecule has 0 radical (unpaired) electrons. The van der Waals surface area contributed by atoms with Crippen LogP contribution in [0.15, 0.2) is 24.3 Å². The van der Waals surface area contributed by atoms with Crippen molar-refractivity contribution in [2.45, 2.75) is 136 Å². The Bertz CT molecular complexity index is 537. The molecule has 180 valence electrons. The highest BCUT2D eigenvalue weighted by Crippen LogP contribution is 2.20. The van der Waals surface area contributed by atoms with E-state index in [9.17, 15) is 4.39 Å². The highest BCUT2D eigenvalue weighted by Gasteiger charge is 2.20. The molecule has 1 unspecified atom stereocenters. The molecule has 0 N–H and O–H groups in total. The largest absolute Gasteiger partial charge is 0.327 e. The number of hydrogen-bond donors (Lipinski definition) is 0. The maximum absolute atomic E-state index is 13.4. The standard InChI is InChI=1S/C27H47FO3/c1-6-7-8-9-10-11-12-19-26(31-27(29-22(2)3)30-23(4)5)20-14-13-16-24-17-15-18-25(28)21-24/h15,17-18,21-23,26-27H,6-14,16,19-20H2,1-5H3. The van der Waals surface area contributed by atoms with Gasteiger partial charge in [-0.2, -0.15) is 0 Å². The molecule has 0 fully saturated rings. The van der Waals surface area contributed by atoms with Gasteiger partial charge < -0.3 is 14.2 Å². The molecule has 31 heavy (non-hydrogen) atoms. The quantitative estimate of drug-likeness (QED) is 0.161. The van der Waals surface area contributed by atoms with Gasteiger partial charge in [0.15, 0.2) is 0 Å². The van der Waals surface area contributed by atoms with Crippen LogP contribution in [0.4, 0.5) is 4.39 Å². The molecule has 0 bridgehead atoms. The van der Waals surface area contributed by atoms with E-state index in [4.69, 9.17) is 14.2 Å². The minimum Gasteiger partial charge on any atom is -0.327 e. The maximum atomic E-state index is 13.4. The molecular formula is C27H47FO3. The lowest BCUT2D eigenvalue weighted by Gasteiger charge is -2.27. The highest BCUT2D eigenvalue weighted by atomic mass is 19.1. The van der Waals surface area contributed by atoms with E-state index in [1.165, 1.54) is 51.0 Å². The first-order valence-electron chi connectivity index (χ1n) is 12.6. The molecular weight excluding hydrogens is 391 g/mol. The van der Waals surface area contributed by atoms with Gasteiger partial charge >= 0.3 is 0 Å². The minimum atomic E-state index is -0.613. The molecule has 0 heterocycles. The molecule has 0 aliphatic carbocycles. The Morgan fingerprint density at radius 3 is 1.90 bits per heavy atom. The average Bonchev–Trinajstić information content (AvgIpc) is 2.69. The first-order valence-corrected chi connectivity index (χ1v) is 12.6. The Kier molecular flexibility index (Phi) is 15.9. The van der Waals surface area contributed by atoms with E-state index in [0.717, 1.165) is 37.7 Å². The number of benzene rings is 1. The molecule has 1 aromatic carbocycles. The molecule has 0 aliphatic heterocycles. The minimum absolute atomic E-state index is 0.0518. The third-order valence-electron chi connectivity index (χ3n) is 5.33. The second-order valence-electron chi connectivity index (χ2n) is 9.20. The van der Waals surface area contributed by atoms with Gasteiger partial charge in [0.25, 0.3) is 6.48 Å². The first kappa shape index (κ1) is 28.1. The summed E-state index contributed by atoms with van der Waals surface area (Å²) in [6, 6.07) is 6.92. The van der Waals surface area contributed by atoms with Crippen molar-refractivity contribution >= 4 is 0 Å². The zero-order valence-electron chi connectivity index (χ0n) is 20.7. The Hall–Kier alpha value is -0.970. The van der Waals surface area contributed by atoms with E-state index < -0.39 is 6.48 Å². The van der Waals surface area contributed by atoms with Gasteiger partial charge in [0.1, 0.15) is 5.82 Å². The molecule has 0 saturated carbocycles. The fraction of sp³-hybridized carbons (Fsp3) is 0.778. The SMILES string of the molecule is CCCCCCCCCC(CCCCc1cccc(F)c1)OC(OC(C)C)OC(C)C. The van der Waals surface area contributed by atoms with Crippen LogP contribution in [0.25, 0.3) is 0 Å². The van der Waals surface area contributed by atoms with Crippen LogP contribution in [-0.2, 0) is 20.6 Å². The van der Waals surface area contributed by atoms with Crippen LogP contribution in [0.1, 0.15) is 111 Å². The topological polar surface area (TPSA) is 27.7 Å². The van der Waals surface area contributed by atoms with Gasteiger partial charge in [-0.1, -0.05) is 70.4 Å². The van der Waals surface area contributed by atoms with E-state index in [1.54, 1.807) is 12.1 Å². The molecule has 4 heteroatoms. The lowest BCUT2D eigenvalue weighted by molar-refractivity contribution is -0.327. The summed E-state index contributed by atoms with van der Waals surface area (Å²) in [5, 5.41) is 0. The van der Waals surface area contributed by atoms with Crippen LogP contribution < -0.4 is 0 Å². The van der Waals surface area contributed by atoms with Crippen molar-refractivity contribution in [3.8, 4) is 0 Å². The lowest BCUT2D eigenvalue weighted by atomic mass is 10.0. The first-order chi connectivity index (χ1) is 14.9. The number of halogens is 1. The summed E-state index contributed by atoms with van der Waals surface area (Å²) < 4.78 is 31.4. The van der Waals surface area contributed by atoms with E-state index in [1.807, 2.05) is 33.8 Å². The third-order valence-corrected chi connectivity index (χ3v) is 5.33. The molecule has 3 nitrogen and oxygen atoms in total. The van der Waals surface area contributed by atoms with E-state index in [-0.39, 0.29) is 24.1 Å². The van der Waals surface area contributed by atoms with Crippen LogP contribution >= 0.6 is 0 Å². The van der Waals surface area contributed by atoms with Gasteiger partial charge in [0.2, 0.25) is 0 Å². The van der Waals surface area contributed by atoms with Crippen LogP contribution in [0.5, 0.6) is 0 Å². The summed E-state index contributed by atoms with van der Waals surface area (Å²) in [6.07, 6.45) is 14.3. The number of hydrogen-bond acceptors (Lipinski definition) is 3. The summed E-state index contributed by atoms with van der Waals surface area (Å²) in [7, 11) is 0. The van der Waals surface area contributed by atoms with Gasteiger partial charge in [-0.15, -0.1) is 0 Å². The molecule has 0 saturated heterocycles. The summed E-state index contributed by atoms with van der Waals surface area (Å²) in [5.41, 5.74) is 1.06. The average molecular weight is 439 g/mol. The molecule has 1 aromatic rings. The smallest absolute Gasteiger partial charge is 0.272 e. The van der Waals surface area contributed by atoms with Gasteiger partial charge in [0.05, 0.1) is 18.3 Å². The second kappa shape index (κ2) is 17.6. The zero-order chi connectivity index (χ0) is 22.9. The predicted octanol–water partition coefficient (Wildman–Crippen LogP) is 8.20. The van der Waals surface area contributed by atoms with Crippen molar-refractivity contribution in [2.75, 3.05) is 0 Å². The fourth-order valence-electron chi connectivity index (χ4n) is 3.70. The van der Waals surface area contributed by atoms with Crippen molar-refractivity contribution in [3.05, 3.63) is 35.6 Å². The number of unbranched alkanes of at least 4 members (excludes halogenated alkanes) is 7. The van der Waals surface area contributed by atoms with Crippen LogP contribution in [-0.4, -0.2) is 24.8 Å². The van der Waals surface area contributed by atoms with E-state index >= 15 is 0 Å². The highest BCUT2D eigenvalue weighted by molar-refractivity contribution is 5.16. The van der Waals surface area contributed by atoms with Crippen LogP contribution in [0.2, 0.25) is 0 Å². The van der Waals surface area contributed by atoms with Crippen LogP contribution in [0.3, 0.4) is 0 Å². The summed E-state index contributed by atoms with van der Waals surface area (Å²) >= 11 is 0. The van der Waals surface area contributed by atoms with Gasteiger partial charge in [-0.3, -0.25) is 0 Å². The summed E-state index contributed by atoms with van der Waals surface area (Å²) in [5.74, 6) is -0.155. The molecule has 0 amide bonds. The van der Waals surface area contributed by atoms with Crippen molar-refractivity contribution in [1.29, 1.82) is 0 Å². The third kappa shape index (κ3) is 15.5. The zero-order valence-corrected chi connectivity index (χ0v) is 20.7. The Morgan fingerprint density at radius 2 is 1.32 bits per heavy atom. The van der Waals surface area contributed by atoms with Crippen molar-refractivity contribution in [2.24, 2.45) is 0 Å². The number of aryl methyl sites for hydroxylation is 1. The molecule has 0 spiro atoms. The monoisotopic (exact) mass is 438 g/mol. The van der Waals surface area contributed by atoms with Crippen molar-refractivity contribution in [1.82, 2.24) is 0 Å². The lowest BCUT2D eigenvalue weighted by Crippen LogP contribution is -2.31. The Labute approximate surface area is 191 Å². The summed E-state index contributed by atoms with van der Waals surface area (Å²) in [6.45, 7) is 9.66.